The van der Waals surface area contributed by atoms with Crippen molar-refractivity contribution in [3.05, 3.63) is 75.8 Å². The van der Waals surface area contributed by atoms with Crippen LogP contribution in [0.15, 0.2) is 42.5 Å². The van der Waals surface area contributed by atoms with Gasteiger partial charge < -0.3 is 9.53 Å². The van der Waals surface area contributed by atoms with Crippen molar-refractivity contribution in [1.29, 1.82) is 10.5 Å². The fourth-order valence-electron chi connectivity index (χ4n) is 5.50. The van der Waals surface area contributed by atoms with Gasteiger partial charge in [0.1, 0.15) is 24.2 Å². The predicted octanol–water partition coefficient (Wildman–Crippen LogP) is 8.15. The zero-order valence-corrected chi connectivity index (χ0v) is 23.2. The Morgan fingerprint density at radius 2 is 1.37 bits per heavy atom. The quantitative estimate of drug-likeness (QED) is 0.239. The number of nitrogens with zero attached hydrogens (tertiary/aromatic N) is 2. The normalized spacial score (nSPS) is 11.8. The van der Waals surface area contributed by atoms with Crippen LogP contribution in [0.3, 0.4) is 0 Å². The van der Waals surface area contributed by atoms with Crippen molar-refractivity contribution in [3.63, 3.8) is 0 Å². The first kappa shape index (κ1) is 28.7. The smallest absolute Gasteiger partial charge is 0.119 e. The molecule has 0 amide bonds. The van der Waals surface area contributed by atoms with E-state index in [4.69, 9.17) is 4.74 Å². The van der Waals surface area contributed by atoms with Gasteiger partial charge in [-0.1, -0.05) is 58.0 Å². The fourth-order valence-corrected chi connectivity index (χ4v) is 5.50. The van der Waals surface area contributed by atoms with Gasteiger partial charge in [-0.15, -0.1) is 0 Å². The van der Waals surface area contributed by atoms with E-state index in [-0.39, 0.29) is 0 Å². The van der Waals surface area contributed by atoms with E-state index >= 15 is 0 Å². The molecule has 2 aliphatic carbocycles. The van der Waals surface area contributed by atoms with Crippen molar-refractivity contribution in [2.45, 2.75) is 79.1 Å². The molecule has 0 spiro atoms. The van der Waals surface area contributed by atoms with Gasteiger partial charge >= 0.3 is 0 Å². The molecule has 0 N–H and O–H groups in total. The van der Waals surface area contributed by atoms with Crippen molar-refractivity contribution in [2.24, 2.45) is 0 Å². The number of fused-ring (bicyclic) bond motifs is 7. The summed E-state index contributed by atoms with van der Waals surface area (Å²) in [5, 5.41) is 20.0. The number of ether oxygens (including phenoxy) is 1. The van der Waals surface area contributed by atoms with Crippen molar-refractivity contribution in [3.8, 4) is 40.1 Å². The number of aryl methyl sites for hydroxylation is 2. The van der Waals surface area contributed by atoms with Gasteiger partial charge in [0, 0.05) is 6.42 Å². The second-order valence-corrected chi connectivity index (χ2v) is 9.02. The molecule has 2 aliphatic rings. The molecule has 0 unspecified atom stereocenters. The van der Waals surface area contributed by atoms with E-state index in [1.54, 1.807) is 0 Å². The van der Waals surface area contributed by atoms with Crippen molar-refractivity contribution >= 4 is 6.29 Å². The molecule has 196 valence electrons. The number of hydrogen-bond acceptors (Lipinski definition) is 4. The molecule has 4 nitrogen and oxygen atoms in total. The van der Waals surface area contributed by atoms with Gasteiger partial charge in [0.2, 0.25) is 0 Å². The number of carbonyl (C=O) groups is 1. The van der Waals surface area contributed by atoms with Crippen LogP contribution in [0, 0.1) is 22.7 Å². The predicted molar refractivity (Wildman–Crippen MR) is 154 cm³/mol. The van der Waals surface area contributed by atoms with Gasteiger partial charge in [-0.2, -0.15) is 10.5 Å². The highest BCUT2D eigenvalue weighted by Gasteiger charge is 2.31. The summed E-state index contributed by atoms with van der Waals surface area (Å²) < 4.78 is 6.01. The Kier molecular flexibility index (Phi) is 10.7. The average Bonchev–Trinajstić information content (AvgIpc) is 2.99. The van der Waals surface area contributed by atoms with Crippen LogP contribution < -0.4 is 4.74 Å². The molecular weight excluding hydrogens is 468 g/mol. The SMILES string of the molecule is CC.CC.N#Cc1c(C#N)c2c(c3c1CCc1ccccc1-3)-c1ccc(OCCCCCC=O)cc1CC2. The summed E-state index contributed by atoms with van der Waals surface area (Å²) in [6.07, 6.45) is 7.63. The molecule has 0 heterocycles. The van der Waals surface area contributed by atoms with E-state index in [1.807, 2.05) is 33.8 Å². The summed E-state index contributed by atoms with van der Waals surface area (Å²) in [6, 6.07) is 19.5. The van der Waals surface area contributed by atoms with E-state index in [0.717, 1.165) is 84.8 Å². The second-order valence-electron chi connectivity index (χ2n) is 9.02. The second kappa shape index (κ2) is 14.2. The average molecular weight is 507 g/mol. The van der Waals surface area contributed by atoms with Crippen molar-refractivity contribution in [2.75, 3.05) is 6.61 Å². The molecule has 3 aromatic carbocycles. The maximum atomic E-state index is 10.5. The maximum Gasteiger partial charge on any atom is 0.119 e. The minimum absolute atomic E-state index is 0.553. The lowest BCUT2D eigenvalue weighted by atomic mass is 9.72. The van der Waals surface area contributed by atoms with E-state index in [9.17, 15) is 15.3 Å². The number of nitriles is 2. The van der Waals surface area contributed by atoms with Gasteiger partial charge in [-0.25, -0.2) is 0 Å². The third-order valence-electron chi connectivity index (χ3n) is 7.09. The molecule has 0 atom stereocenters. The van der Waals surface area contributed by atoms with Crippen LogP contribution in [-0.4, -0.2) is 12.9 Å². The molecule has 3 aromatic rings. The Balaban J connectivity index is 0.000000956. The lowest BCUT2D eigenvalue weighted by Crippen LogP contribution is -2.15. The molecule has 0 saturated heterocycles. The molecule has 0 radical (unpaired) electrons. The summed E-state index contributed by atoms with van der Waals surface area (Å²) in [6.45, 7) is 8.64. The summed E-state index contributed by atoms with van der Waals surface area (Å²) in [5.41, 5.74) is 10.2. The van der Waals surface area contributed by atoms with Crippen LogP contribution in [0.2, 0.25) is 0 Å². The van der Waals surface area contributed by atoms with Crippen LogP contribution in [0.4, 0.5) is 0 Å². The monoisotopic (exact) mass is 506 g/mol. The number of carbonyl (C=O) groups excluding carboxylic acids is 1. The first-order chi connectivity index (χ1) is 18.8. The first-order valence-electron chi connectivity index (χ1n) is 14.1. The number of aldehydes is 1. The fraction of sp³-hybridized carbons (Fsp3) is 0.382. The molecule has 4 heteroatoms. The first-order valence-corrected chi connectivity index (χ1v) is 14.1. The Labute approximate surface area is 227 Å². The van der Waals surface area contributed by atoms with Crippen molar-refractivity contribution in [1.82, 2.24) is 0 Å². The van der Waals surface area contributed by atoms with Crippen LogP contribution in [-0.2, 0) is 30.5 Å². The summed E-state index contributed by atoms with van der Waals surface area (Å²) in [7, 11) is 0. The van der Waals surface area contributed by atoms with E-state index in [0.29, 0.717) is 24.2 Å². The largest absolute Gasteiger partial charge is 0.494 e. The highest BCUT2D eigenvalue weighted by atomic mass is 16.5. The molecule has 0 saturated carbocycles. The van der Waals surface area contributed by atoms with E-state index in [2.05, 4.69) is 48.5 Å². The maximum absolute atomic E-state index is 10.5. The molecule has 5 rings (SSSR count). The molecular formula is C34H38N2O2. The number of benzene rings is 3. The highest BCUT2D eigenvalue weighted by molar-refractivity contribution is 5.95. The third kappa shape index (κ3) is 5.66. The van der Waals surface area contributed by atoms with Gasteiger partial charge in [0.05, 0.1) is 17.7 Å². The van der Waals surface area contributed by atoms with E-state index < -0.39 is 0 Å². The molecule has 0 aromatic heterocycles. The van der Waals surface area contributed by atoms with Gasteiger partial charge in [-0.05, 0) is 102 Å². The lowest BCUT2D eigenvalue weighted by Gasteiger charge is -2.30. The summed E-state index contributed by atoms with van der Waals surface area (Å²) in [5.74, 6) is 0.862. The Hall–Kier alpha value is -3.89. The Morgan fingerprint density at radius 1 is 0.763 bits per heavy atom. The van der Waals surface area contributed by atoms with E-state index in [1.165, 1.54) is 16.7 Å². The number of unbranched alkanes of at least 4 members (excludes halogenated alkanes) is 3. The standard InChI is InChI=1S/C30H26N2O2.2C2H6/c31-18-27-25-12-9-20-7-3-4-8-23(20)29(25)30-24-14-11-22(34-16-6-2-1-5-15-33)17-21(24)10-13-26(30)28(27)19-32;2*1-2/h3-4,7-8,11,14-15,17H,1-2,5-6,9-10,12-13,16H2;2*1-2H3. The van der Waals surface area contributed by atoms with Gasteiger partial charge in [0.15, 0.2) is 0 Å². The zero-order chi connectivity index (χ0) is 27.5. The third-order valence-corrected chi connectivity index (χ3v) is 7.09. The van der Waals surface area contributed by atoms with Crippen LogP contribution in [0.25, 0.3) is 22.3 Å². The van der Waals surface area contributed by atoms with Crippen LogP contribution >= 0.6 is 0 Å². The highest BCUT2D eigenvalue weighted by Crippen LogP contribution is 2.49. The number of hydrogen-bond donors (Lipinski definition) is 0. The minimum Gasteiger partial charge on any atom is -0.494 e. The summed E-state index contributed by atoms with van der Waals surface area (Å²) >= 11 is 0. The van der Waals surface area contributed by atoms with Crippen LogP contribution in [0.1, 0.15) is 86.8 Å². The van der Waals surface area contributed by atoms with Gasteiger partial charge in [0.25, 0.3) is 0 Å². The minimum atomic E-state index is 0.553. The zero-order valence-electron chi connectivity index (χ0n) is 23.2. The van der Waals surface area contributed by atoms with Gasteiger partial charge in [-0.3, -0.25) is 0 Å². The number of rotatable bonds is 7. The Bertz CT molecular complexity index is 1360. The Morgan fingerprint density at radius 3 is 2.00 bits per heavy atom. The molecule has 0 bridgehead atoms. The molecule has 0 aliphatic heterocycles. The topological polar surface area (TPSA) is 73.9 Å². The lowest BCUT2D eigenvalue weighted by molar-refractivity contribution is -0.107. The van der Waals surface area contributed by atoms with Crippen molar-refractivity contribution < 1.29 is 9.53 Å². The summed E-state index contributed by atoms with van der Waals surface area (Å²) in [4.78, 5) is 10.5. The molecule has 38 heavy (non-hydrogen) atoms. The van der Waals surface area contributed by atoms with Crippen LogP contribution in [0.5, 0.6) is 5.75 Å². The molecule has 0 fully saturated rings.